The highest BCUT2D eigenvalue weighted by molar-refractivity contribution is 7.86. The Morgan fingerprint density at radius 1 is 0.432 bits per heavy atom. The van der Waals surface area contributed by atoms with Crippen molar-refractivity contribution in [3.05, 3.63) is 0 Å². The molecule has 44 heavy (non-hydrogen) atoms. The van der Waals surface area contributed by atoms with E-state index in [4.69, 9.17) is 9.11 Å². The molecule has 0 aliphatic heterocycles. The van der Waals surface area contributed by atoms with Crippen LogP contribution in [0.4, 0.5) is 0 Å². The second-order valence-corrected chi connectivity index (χ2v) is 15.3. The number of amides is 2. The van der Waals surface area contributed by atoms with Gasteiger partial charge >= 0.3 is 0 Å². The Morgan fingerprint density at radius 2 is 0.705 bits per heavy atom. The molecule has 2 N–H and O–H groups in total. The quantitative estimate of drug-likeness (QED) is 0.0590. The van der Waals surface area contributed by atoms with Crippen LogP contribution in [0, 0.1) is 0 Å². The Morgan fingerprint density at radius 3 is 0.977 bits per heavy atom. The van der Waals surface area contributed by atoms with Crippen LogP contribution in [0.3, 0.4) is 0 Å². The standard InChI is InChI=1S/C32H64N2O8S2/c1-3-5-7-9-11-13-15-17-19-23-31(35)33(25-21-29-43(37,38)39)27-28-34(26-22-30-44(40,41)42)32(36)24-20-18-16-14-12-10-8-6-4-2/h3-30H2,1-2H3,(H,37,38,39)(H,40,41,42). The Bertz CT molecular complexity index is 866. The number of carbonyl (C=O) groups excluding carboxylic acids is 2. The number of rotatable bonds is 31. The van der Waals surface area contributed by atoms with Crippen molar-refractivity contribution < 1.29 is 35.5 Å². The average molecular weight is 669 g/mol. The van der Waals surface area contributed by atoms with E-state index in [1.165, 1.54) is 64.2 Å². The second kappa shape index (κ2) is 26.9. The molecule has 0 aromatic rings. The van der Waals surface area contributed by atoms with E-state index < -0.39 is 31.7 Å². The summed E-state index contributed by atoms with van der Waals surface area (Å²) in [5.74, 6) is -1.14. The third-order valence-corrected chi connectivity index (χ3v) is 9.60. The van der Waals surface area contributed by atoms with Crippen molar-refractivity contribution in [3.8, 4) is 0 Å². The molecule has 0 spiro atoms. The van der Waals surface area contributed by atoms with Gasteiger partial charge in [0.2, 0.25) is 11.8 Å². The van der Waals surface area contributed by atoms with E-state index in [0.717, 1.165) is 51.4 Å². The van der Waals surface area contributed by atoms with Crippen molar-refractivity contribution in [2.45, 2.75) is 155 Å². The van der Waals surface area contributed by atoms with E-state index in [1.54, 1.807) is 9.80 Å². The Labute approximate surface area is 269 Å². The first-order valence-electron chi connectivity index (χ1n) is 17.4. The number of nitrogens with zero attached hydrogens (tertiary/aromatic N) is 2. The maximum absolute atomic E-state index is 13.1. The van der Waals surface area contributed by atoms with Crippen LogP contribution >= 0.6 is 0 Å². The smallest absolute Gasteiger partial charge is 0.264 e. The lowest BCUT2D eigenvalue weighted by molar-refractivity contribution is -0.135. The lowest BCUT2D eigenvalue weighted by Crippen LogP contribution is -2.42. The van der Waals surface area contributed by atoms with Gasteiger partial charge in [-0.15, -0.1) is 0 Å². The van der Waals surface area contributed by atoms with Gasteiger partial charge in [0.05, 0.1) is 11.5 Å². The SMILES string of the molecule is CCCCCCCCCCCC(=O)N(CCCS(=O)(=O)O)CCN(CCCS(=O)(=O)O)C(=O)CCCCCCCCCCC. The average Bonchev–Trinajstić information content (AvgIpc) is 2.94. The van der Waals surface area contributed by atoms with E-state index in [0.29, 0.717) is 12.8 Å². The normalized spacial score (nSPS) is 12.0. The van der Waals surface area contributed by atoms with Crippen molar-refractivity contribution >= 4 is 32.1 Å². The molecule has 12 heteroatoms. The van der Waals surface area contributed by atoms with E-state index in [-0.39, 0.29) is 50.8 Å². The minimum absolute atomic E-state index is 0.0808. The molecule has 2 amide bonds. The number of unbranched alkanes of at least 4 members (excludes halogenated alkanes) is 16. The molecule has 0 aromatic carbocycles. The van der Waals surface area contributed by atoms with Gasteiger partial charge in [-0.25, -0.2) is 0 Å². The zero-order valence-electron chi connectivity index (χ0n) is 27.9. The van der Waals surface area contributed by atoms with Gasteiger partial charge in [0.1, 0.15) is 0 Å². The van der Waals surface area contributed by atoms with Crippen LogP contribution < -0.4 is 0 Å². The highest BCUT2D eigenvalue weighted by Crippen LogP contribution is 2.14. The molecule has 0 aliphatic rings. The van der Waals surface area contributed by atoms with Crippen LogP contribution in [0.15, 0.2) is 0 Å². The van der Waals surface area contributed by atoms with Gasteiger partial charge in [-0.2, -0.15) is 16.8 Å². The molecule has 0 rings (SSSR count). The summed E-state index contributed by atoms with van der Waals surface area (Å²) in [6, 6.07) is 0. The predicted octanol–water partition coefficient (Wildman–Crippen LogP) is 7.04. The van der Waals surface area contributed by atoms with Crippen molar-refractivity contribution in [3.63, 3.8) is 0 Å². The number of carbonyl (C=O) groups is 2. The topological polar surface area (TPSA) is 149 Å². The number of hydrogen-bond donors (Lipinski definition) is 2. The fourth-order valence-corrected chi connectivity index (χ4v) is 6.32. The predicted molar refractivity (Wildman–Crippen MR) is 179 cm³/mol. The second-order valence-electron chi connectivity index (χ2n) is 12.2. The molecule has 0 aromatic heterocycles. The van der Waals surface area contributed by atoms with E-state index in [2.05, 4.69) is 13.8 Å². The van der Waals surface area contributed by atoms with Crippen LogP contribution in [0.2, 0.25) is 0 Å². The fraction of sp³-hybridized carbons (Fsp3) is 0.938. The van der Waals surface area contributed by atoms with Crippen molar-refractivity contribution in [2.24, 2.45) is 0 Å². The first kappa shape index (κ1) is 42.8. The first-order valence-corrected chi connectivity index (χ1v) is 20.6. The van der Waals surface area contributed by atoms with Crippen LogP contribution in [-0.4, -0.2) is 85.2 Å². The molecule has 0 aliphatic carbocycles. The summed E-state index contributed by atoms with van der Waals surface area (Å²) in [5, 5.41) is 0. The minimum Gasteiger partial charge on any atom is -0.341 e. The van der Waals surface area contributed by atoms with Crippen LogP contribution in [-0.2, 0) is 29.8 Å². The van der Waals surface area contributed by atoms with Gasteiger partial charge in [0.25, 0.3) is 20.2 Å². The molecule has 0 saturated carbocycles. The largest absolute Gasteiger partial charge is 0.341 e. The molecule has 0 radical (unpaired) electrons. The summed E-state index contributed by atoms with van der Waals surface area (Å²) in [7, 11) is -8.32. The van der Waals surface area contributed by atoms with Gasteiger partial charge < -0.3 is 9.80 Å². The van der Waals surface area contributed by atoms with E-state index in [1.807, 2.05) is 0 Å². The molecule has 0 heterocycles. The van der Waals surface area contributed by atoms with Gasteiger partial charge in [0.15, 0.2) is 0 Å². The highest BCUT2D eigenvalue weighted by Gasteiger charge is 2.19. The lowest BCUT2D eigenvalue weighted by atomic mass is 10.1. The van der Waals surface area contributed by atoms with E-state index in [9.17, 15) is 26.4 Å². The third kappa shape index (κ3) is 28.2. The van der Waals surface area contributed by atoms with Gasteiger partial charge in [-0.05, 0) is 25.7 Å². The monoisotopic (exact) mass is 668 g/mol. The maximum atomic E-state index is 13.1. The summed E-state index contributed by atoms with van der Waals surface area (Å²) in [5.41, 5.74) is 0. The first-order chi connectivity index (χ1) is 20.9. The zero-order valence-corrected chi connectivity index (χ0v) is 29.5. The summed E-state index contributed by atoms with van der Waals surface area (Å²) in [6.45, 7) is 5.05. The maximum Gasteiger partial charge on any atom is 0.264 e. The van der Waals surface area contributed by atoms with E-state index >= 15 is 0 Å². The third-order valence-electron chi connectivity index (χ3n) is 7.99. The Kier molecular flexibility index (Phi) is 26.2. The van der Waals surface area contributed by atoms with Crippen LogP contribution in [0.25, 0.3) is 0 Å². The van der Waals surface area contributed by atoms with Crippen LogP contribution in [0.5, 0.6) is 0 Å². The van der Waals surface area contributed by atoms with Gasteiger partial charge in [-0.1, -0.05) is 117 Å². The summed E-state index contributed by atoms with van der Waals surface area (Å²) in [4.78, 5) is 29.3. The molecule has 0 unspecified atom stereocenters. The zero-order chi connectivity index (χ0) is 33.1. The van der Waals surface area contributed by atoms with Crippen molar-refractivity contribution in [1.82, 2.24) is 9.80 Å². The Balaban J connectivity index is 4.95. The molecule has 0 fully saturated rings. The fourth-order valence-electron chi connectivity index (χ4n) is 5.33. The summed E-state index contributed by atoms with van der Waals surface area (Å²) < 4.78 is 63.3. The lowest BCUT2D eigenvalue weighted by Gasteiger charge is -2.28. The Hall–Kier alpha value is -1.24. The molecule has 10 nitrogen and oxygen atoms in total. The molecule has 0 bridgehead atoms. The van der Waals surface area contributed by atoms with Crippen LogP contribution in [0.1, 0.15) is 155 Å². The van der Waals surface area contributed by atoms with Gasteiger partial charge in [-0.3, -0.25) is 18.7 Å². The van der Waals surface area contributed by atoms with Crippen molar-refractivity contribution in [2.75, 3.05) is 37.7 Å². The summed E-state index contributed by atoms with van der Waals surface area (Å²) in [6.07, 6.45) is 21.0. The summed E-state index contributed by atoms with van der Waals surface area (Å²) >= 11 is 0. The molecule has 0 atom stereocenters. The number of hydrogen-bond acceptors (Lipinski definition) is 6. The van der Waals surface area contributed by atoms with Crippen molar-refractivity contribution in [1.29, 1.82) is 0 Å². The van der Waals surface area contributed by atoms with Gasteiger partial charge in [0, 0.05) is 39.0 Å². The molecule has 262 valence electrons. The molecular formula is C32H64N2O8S2. The highest BCUT2D eigenvalue weighted by atomic mass is 32.2. The minimum atomic E-state index is -4.16. The molecule has 0 saturated heterocycles. The molecular weight excluding hydrogens is 604 g/mol.